The van der Waals surface area contributed by atoms with Crippen molar-refractivity contribution >= 4 is 0 Å². The second kappa shape index (κ2) is 5.55. The SMILES string of the molecule is C/C=C/CC[C@@H](O)c1ccccc1. The van der Waals surface area contributed by atoms with Gasteiger partial charge in [0, 0.05) is 0 Å². The highest BCUT2D eigenvalue weighted by molar-refractivity contribution is 5.17. The van der Waals surface area contributed by atoms with Crippen LogP contribution in [-0.4, -0.2) is 5.11 Å². The van der Waals surface area contributed by atoms with E-state index in [4.69, 9.17) is 0 Å². The van der Waals surface area contributed by atoms with Crippen molar-refractivity contribution < 1.29 is 5.11 Å². The van der Waals surface area contributed by atoms with Gasteiger partial charge < -0.3 is 5.11 Å². The van der Waals surface area contributed by atoms with Crippen molar-refractivity contribution in [3.05, 3.63) is 48.0 Å². The first-order chi connectivity index (χ1) is 6.34. The molecule has 13 heavy (non-hydrogen) atoms. The van der Waals surface area contributed by atoms with Crippen molar-refractivity contribution in [1.29, 1.82) is 0 Å². The molecule has 0 amide bonds. The molecule has 1 aromatic carbocycles. The van der Waals surface area contributed by atoms with Crippen molar-refractivity contribution in [1.82, 2.24) is 0 Å². The molecule has 70 valence electrons. The van der Waals surface area contributed by atoms with Gasteiger partial charge in [-0.2, -0.15) is 0 Å². The third-order valence-electron chi connectivity index (χ3n) is 2.03. The van der Waals surface area contributed by atoms with Crippen LogP contribution in [0.1, 0.15) is 31.4 Å². The topological polar surface area (TPSA) is 20.2 Å². The monoisotopic (exact) mass is 176 g/mol. The van der Waals surface area contributed by atoms with E-state index >= 15 is 0 Å². The first-order valence-electron chi connectivity index (χ1n) is 4.68. The lowest BCUT2D eigenvalue weighted by molar-refractivity contribution is 0.169. The Morgan fingerprint density at radius 2 is 2.00 bits per heavy atom. The summed E-state index contributed by atoms with van der Waals surface area (Å²) in [6.07, 6.45) is 5.50. The summed E-state index contributed by atoms with van der Waals surface area (Å²) in [6.45, 7) is 1.99. The molecule has 0 aliphatic rings. The van der Waals surface area contributed by atoms with Gasteiger partial charge in [0.15, 0.2) is 0 Å². The number of aliphatic hydroxyl groups is 1. The van der Waals surface area contributed by atoms with E-state index in [0.29, 0.717) is 0 Å². The zero-order valence-corrected chi connectivity index (χ0v) is 7.98. The Morgan fingerprint density at radius 3 is 2.62 bits per heavy atom. The normalized spacial score (nSPS) is 13.4. The van der Waals surface area contributed by atoms with E-state index in [1.165, 1.54) is 0 Å². The third kappa shape index (κ3) is 3.43. The molecule has 1 aromatic rings. The van der Waals surface area contributed by atoms with Gasteiger partial charge in [-0.25, -0.2) is 0 Å². The van der Waals surface area contributed by atoms with Crippen molar-refractivity contribution in [3.8, 4) is 0 Å². The molecule has 1 atom stereocenters. The maximum absolute atomic E-state index is 9.71. The van der Waals surface area contributed by atoms with Crippen LogP contribution in [0.4, 0.5) is 0 Å². The molecular formula is C12H16O. The van der Waals surface area contributed by atoms with E-state index in [-0.39, 0.29) is 6.10 Å². The summed E-state index contributed by atoms with van der Waals surface area (Å²) in [5.41, 5.74) is 1.01. The Hall–Kier alpha value is -1.08. The zero-order chi connectivity index (χ0) is 9.52. The van der Waals surface area contributed by atoms with Crippen LogP contribution >= 0.6 is 0 Å². The van der Waals surface area contributed by atoms with Gasteiger partial charge >= 0.3 is 0 Å². The van der Waals surface area contributed by atoms with Gasteiger partial charge in [-0.3, -0.25) is 0 Å². The standard InChI is InChI=1S/C12H16O/c1-2-3-5-10-12(13)11-8-6-4-7-9-11/h2-4,6-9,12-13H,5,10H2,1H3/b3-2+/t12-/m1/s1. The van der Waals surface area contributed by atoms with Crippen LogP contribution in [-0.2, 0) is 0 Å². The lowest BCUT2D eigenvalue weighted by atomic mass is 10.1. The Bertz CT molecular complexity index is 251. The van der Waals surface area contributed by atoms with Crippen molar-refractivity contribution in [2.24, 2.45) is 0 Å². The summed E-state index contributed by atoms with van der Waals surface area (Å²) in [7, 11) is 0. The number of hydrogen-bond donors (Lipinski definition) is 1. The molecule has 0 aliphatic carbocycles. The van der Waals surface area contributed by atoms with Crippen LogP contribution in [0.5, 0.6) is 0 Å². The van der Waals surface area contributed by atoms with Crippen molar-refractivity contribution in [2.75, 3.05) is 0 Å². The lowest BCUT2D eigenvalue weighted by Gasteiger charge is -2.08. The highest BCUT2D eigenvalue weighted by Crippen LogP contribution is 2.17. The van der Waals surface area contributed by atoms with Gasteiger partial charge in [-0.15, -0.1) is 0 Å². The molecular weight excluding hydrogens is 160 g/mol. The van der Waals surface area contributed by atoms with Crippen molar-refractivity contribution in [3.63, 3.8) is 0 Å². The van der Waals surface area contributed by atoms with E-state index in [2.05, 4.69) is 6.08 Å². The maximum Gasteiger partial charge on any atom is 0.0793 e. The fraction of sp³-hybridized carbons (Fsp3) is 0.333. The molecule has 0 bridgehead atoms. The molecule has 0 aromatic heterocycles. The van der Waals surface area contributed by atoms with Crippen LogP contribution in [0.3, 0.4) is 0 Å². The van der Waals surface area contributed by atoms with Crippen molar-refractivity contribution in [2.45, 2.75) is 25.9 Å². The minimum atomic E-state index is -0.322. The molecule has 0 fully saturated rings. The Balaban J connectivity index is 2.44. The smallest absolute Gasteiger partial charge is 0.0793 e. The zero-order valence-electron chi connectivity index (χ0n) is 7.98. The van der Waals surface area contributed by atoms with Gasteiger partial charge in [0.2, 0.25) is 0 Å². The van der Waals surface area contributed by atoms with Gasteiger partial charge in [-0.05, 0) is 25.3 Å². The third-order valence-corrected chi connectivity index (χ3v) is 2.03. The van der Waals surface area contributed by atoms with Crippen LogP contribution in [0, 0.1) is 0 Å². The molecule has 1 N–H and O–H groups in total. The molecule has 0 spiro atoms. The first kappa shape index (κ1) is 10.0. The molecule has 1 nitrogen and oxygen atoms in total. The molecule has 0 saturated carbocycles. The molecule has 0 unspecified atom stereocenters. The minimum Gasteiger partial charge on any atom is -0.388 e. The first-order valence-corrected chi connectivity index (χ1v) is 4.68. The maximum atomic E-state index is 9.71. The molecule has 0 saturated heterocycles. The number of allylic oxidation sites excluding steroid dienone is 2. The van der Waals surface area contributed by atoms with E-state index in [1.54, 1.807) is 0 Å². The number of rotatable bonds is 4. The van der Waals surface area contributed by atoms with Gasteiger partial charge in [0.1, 0.15) is 0 Å². The average Bonchev–Trinajstić information content (AvgIpc) is 2.19. The summed E-state index contributed by atoms with van der Waals surface area (Å²) in [6, 6.07) is 9.78. The fourth-order valence-electron chi connectivity index (χ4n) is 1.26. The number of hydrogen-bond acceptors (Lipinski definition) is 1. The average molecular weight is 176 g/mol. The van der Waals surface area contributed by atoms with Gasteiger partial charge in [0.25, 0.3) is 0 Å². The number of benzene rings is 1. The quantitative estimate of drug-likeness (QED) is 0.699. The van der Waals surface area contributed by atoms with Gasteiger partial charge in [-0.1, -0.05) is 42.5 Å². The predicted molar refractivity (Wildman–Crippen MR) is 55.4 cm³/mol. The second-order valence-corrected chi connectivity index (χ2v) is 3.07. The van der Waals surface area contributed by atoms with Crippen LogP contribution in [0.2, 0.25) is 0 Å². The fourth-order valence-corrected chi connectivity index (χ4v) is 1.26. The van der Waals surface area contributed by atoms with Crippen LogP contribution in [0.15, 0.2) is 42.5 Å². The summed E-state index contributed by atoms with van der Waals surface area (Å²) in [5.74, 6) is 0. The van der Waals surface area contributed by atoms with E-state index < -0.39 is 0 Å². The van der Waals surface area contributed by atoms with E-state index in [1.807, 2.05) is 43.3 Å². The highest BCUT2D eigenvalue weighted by atomic mass is 16.3. The van der Waals surface area contributed by atoms with Gasteiger partial charge in [0.05, 0.1) is 6.10 Å². The van der Waals surface area contributed by atoms with E-state index in [0.717, 1.165) is 18.4 Å². The summed E-state index contributed by atoms with van der Waals surface area (Å²) < 4.78 is 0. The molecule has 0 aliphatic heterocycles. The molecule has 0 radical (unpaired) electrons. The Morgan fingerprint density at radius 1 is 1.31 bits per heavy atom. The summed E-state index contributed by atoms with van der Waals surface area (Å²) in [5, 5.41) is 9.71. The highest BCUT2D eigenvalue weighted by Gasteiger charge is 2.03. The van der Waals surface area contributed by atoms with Crippen LogP contribution < -0.4 is 0 Å². The number of aliphatic hydroxyl groups excluding tert-OH is 1. The molecule has 1 heteroatoms. The molecule has 0 heterocycles. The Labute approximate surface area is 79.7 Å². The second-order valence-electron chi connectivity index (χ2n) is 3.07. The molecule has 1 rings (SSSR count). The predicted octanol–water partition coefficient (Wildman–Crippen LogP) is 3.08. The lowest BCUT2D eigenvalue weighted by Crippen LogP contribution is -1.95. The van der Waals surface area contributed by atoms with E-state index in [9.17, 15) is 5.11 Å². The summed E-state index contributed by atoms with van der Waals surface area (Å²) >= 11 is 0. The summed E-state index contributed by atoms with van der Waals surface area (Å²) in [4.78, 5) is 0. The minimum absolute atomic E-state index is 0.322. The largest absolute Gasteiger partial charge is 0.388 e. The van der Waals surface area contributed by atoms with Crippen LogP contribution in [0.25, 0.3) is 0 Å². The Kier molecular flexibility index (Phi) is 4.27.